The minimum absolute atomic E-state index is 0.398. The van der Waals surface area contributed by atoms with E-state index in [2.05, 4.69) is 13.8 Å². The van der Waals surface area contributed by atoms with E-state index in [1.165, 1.54) is 12.8 Å². The van der Waals surface area contributed by atoms with Crippen LogP contribution in [0.3, 0.4) is 0 Å². The fourth-order valence-electron chi connectivity index (χ4n) is 2.69. The van der Waals surface area contributed by atoms with Gasteiger partial charge in [-0.1, -0.05) is 39.5 Å². The maximum Gasteiger partial charge on any atom is 0.309 e. The van der Waals surface area contributed by atoms with Gasteiger partial charge < -0.3 is 5.11 Å². The molecule has 0 heterocycles. The molecule has 0 bridgehead atoms. The highest BCUT2D eigenvalue weighted by molar-refractivity contribution is 5.74. The molecule has 0 aromatic heterocycles. The Morgan fingerprint density at radius 3 is 2.07 bits per heavy atom. The second-order valence-corrected chi connectivity index (χ2v) is 5.10. The van der Waals surface area contributed by atoms with Crippen LogP contribution in [0.4, 0.5) is 0 Å². The third kappa shape index (κ3) is 2.73. The number of hydrogen-bond donors (Lipinski definition) is 1. The second-order valence-electron chi connectivity index (χ2n) is 5.10. The summed E-state index contributed by atoms with van der Waals surface area (Å²) in [5, 5.41) is 9.36. The highest BCUT2D eigenvalue weighted by atomic mass is 16.4. The molecule has 1 aliphatic carbocycles. The van der Waals surface area contributed by atoms with E-state index in [0.717, 1.165) is 32.1 Å². The Bertz CT molecular complexity index is 188. The predicted molar refractivity (Wildman–Crippen MR) is 57.2 cm³/mol. The molecule has 0 atom stereocenters. The van der Waals surface area contributed by atoms with Crippen LogP contribution < -0.4 is 0 Å². The van der Waals surface area contributed by atoms with Gasteiger partial charge in [0.2, 0.25) is 0 Å². The first-order valence-electron chi connectivity index (χ1n) is 5.80. The maximum atomic E-state index is 11.4. The van der Waals surface area contributed by atoms with Crippen LogP contribution in [0.1, 0.15) is 58.8 Å². The normalized spacial score (nSPS) is 21.9. The van der Waals surface area contributed by atoms with Gasteiger partial charge in [-0.2, -0.15) is 0 Å². The first-order valence-corrected chi connectivity index (χ1v) is 5.80. The van der Waals surface area contributed by atoms with Gasteiger partial charge in [-0.3, -0.25) is 4.79 Å². The van der Waals surface area contributed by atoms with Crippen LogP contribution in [0.25, 0.3) is 0 Å². The summed E-state index contributed by atoms with van der Waals surface area (Å²) >= 11 is 0. The van der Waals surface area contributed by atoms with Crippen molar-refractivity contribution in [3.8, 4) is 0 Å². The van der Waals surface area contributed by atoms with Crippen LogP contribution in [-0.4, -0.2) is 11.1 Å². The molecule has 1 fully saturated rings. The van der Waals surface area contributed by atoms with Gasteiger partial charge in [0, 0.05) is 0 Å². The van der Waals surface area contributed by atoms with Gasteiger partial charge in [-0.25, -0.2) is 0 Å². The van der Waals surface area contributed by atoms with Crippen molar-refractivity contribution in [3.05, 3.63) is 0 Å². The quantitative estimate of drug-likeness (QED) is 0.705. The van der Waals surface area contributed by atoms with Crippen molar-refractivity contribution < 1.29 is 9.90 Å². The summed E-state index contributed by atoms with van der Waals surface area (Å²) in [6.45, 7) is 4.24. The van der Waals surface area contributed by atoms with Crippen molar-refractivity contribution in [1.29, 1.82) is 0 Å². The van der Waals surface area contributed by atoms with E-state index < -0.39 is 11.4 Å². The third-order valence-corrected chi connectivity index (χ3v) is 3.31. The molecule has 0 unspecified atom stereocenters. The van der Waals surface area contributed by atoms with E-state index in [1.54, 1.807) is 0 Å². The molecule has 0 aromatic carbocycles. The van der Waals surface area contributed by atoms with Crippen molar-refractivity contribution >= 4 is 5.97 Å². The summed E-state index contributed by atoms with van der Waals surface area (Å²) in [6, 6.07) is 0. The molecule has 0 saturated heterocycles. The molecule has 1 rings (SSSR count). The molecule has 0 amide bonds. The number of rotatable bonds is 3. The molecule has 82 valence electrons. The summed E-state index contributed by atoms with van der Waals surface area (Å²) in [5.74, 6) is -0.0719. The molecule has 1 saturated carbocycles. The average Bonchev–Trinajstić information content (AvgIpc) is 2.29. The summed E-state index contributed by atoms with van der Waals surface area (Å²) in [5.41, 5.74) is -0.398. The van der Waals surface area contributed by atoms with Crippen LogP contribution in [0.5, 0.6) is 0 Å². The van der Waals surface area contributed by atoms with Gasteiger partial charge in [0.05, 0.1) is 5.41 Å². The first-order chi connectivity index (χ1) is 6.57. The van der Waals surface area contributed by atoms with E-state index in [9.17, 15) is 9.90 Å². The molecule has 0 aromatic rings. The SMILES string of the molecule is CC(C)CC1(C(=O)O)CCCCCC1. The number of carboxylic acids is 1. The molecule has 14 heavy (non-hydrogen) atoms. The van der Waals surface area contributed by atoms with Crippen LogP contribution in [-0.2, 0) is 4.79 Å². The molecule has 1 N–H and O–H groups in total. The Kier molecular flexibility index (Phi) is 3.97. The minimum atomic E-state index is -0.562. The molecular weight excluding hydrogens is 176 g/mol. The molecule has 2 heteroatoms. The fraction of sp³-hybridized carbons (Fsp3) is 0.917. The van der Waals surface area contributed by atoms with E-state index in [4.69, 9.17) is 0 Å². The van der Waals surface area contributed by atoms with Gasteiger partial charge >= 0.3 is 5.97 Å². The standard InChI is InChI=1S/C12H22O2/c1-10(2)9-12(11(13)14)7-5-3-4-6-8-12/h10H,3-9H2,1-2H3,(H,13,14). The van der Waals surface area contributed by atoms with Crippen molar-refractivity contribution in [2.24, 2.45) is 11.3 Å². The minimum Gasteiger partial charge on any atom is -0.481 e. The van der Waals surface area contributed by atoms with Crippen LogP contribution in [0.2, 0.25) is 0 Å². The monoisotopic (exact) mass is 198 g/mol. The average molecular weight is 198 g/mol. The van der Waals surface area contributed by atoms with Crippen LogP contribution >= 0.6 is 0 Å². The van der Waals surface area contributed by atoms with E-state index in [0.29, 0.717) is 5.92 Å². The molecule has 1 aliphatic rings. The second kappa shape index (κ2) is 4.81. The number of carboxylic acid groups (broad SMARTS) is 1. The topological polar surface area (TPSA) is 37.3 Å². The Balaban J connectivity index is 2.72. The zero-order chi connectivity index (χ0) is 10.6. The predicted octanol–water partition coefficient (Wildman–Crippen LogP) is 3.46. The molecule has 0 spiro atoms. The van der Waals surface area contributed by atoms with Crippen molar-refractivity contribution in [2.45, 2.75) is 58.8 Å². The summed E-state index contributed by atoms with van der Waals surface area (Å²) in [6.07, 6.45) is 7.25. The lowest BCUT2D eigenvalue weighted by Gasteiger charge is -2.29. The molecule has 2 nitrogen and oxygen atoms in total. The summed E-state index contributed by atoms with van der Waals surface area (Å²) in [4.78, 5) is 11.4. The Hall–Kier alpha value is -0.530. The van der Waals surface area contributed by atoms with Crippen LogP contribution in [0.15, 0.2) is 0 Å². The maximum absolute atomic E-state index is 11.4. The van der Waals surface area contributed by atoms with Gasteiger partial charge in [-0.15, -0.1) is 0 Å². The summed E-state index contributed by atoms with van der Waals surface area (Å²) < 4.78 is 0. The van der Waals surface area contributed by atoms with E-state index in [-0.39, 0.29) is 0 Å². The van der Waals surface area contributed by atoms with Crippen LogP contribution in [0, 0.1) is 11.3 Å². The Morgan fingerprint density at radius 2 is 1.71 bits per heavy atom. The smallest absolute Gasteiger partial charge is 0.309 e. The summed E-state index contributed by atoms with van der Waals surface area (Å²) in [7, 11) is 0. The lowest BCUT2D eigenvalue weighted by molar-refractivity contribution is -0.151. The molecule has 0 radical (unpaired) electrons. The molecular formula is C12H22O2. The van der Waals surface area contributed by atoms with Gasteiger partial charge in [0.25, 0.3) is 0 Å². The zero-order valence-electron chi connectivity index (χ0n) is 9.38. The lowest BCUT2D eigenvalue weighted by Crippen LogP contribution is -2.32. The van der Waals surface area contributed by atoms with Gasteiger partial charge in [0.15, 0.2) is 0 Å². The van der Waals surface area contributed by atoms with Crippen molar-refractivity contribution in [1.82, 2.24) is 0 Å². The van der Waals surface area contributed by atoms with Gasteiger partial charge in [-0.05, 0) is 25.2 Å². The Labute approximate surface area is 86.7 Å². The largest absolute Gasteiger partial charge is 0.481 e. The zero-order valence-corrected chi connectivity index (χ0v) is 9.38. The van der Waals surface area contributed by atoms with Crippen molar-refractivity contribution in [3.63, 3.8) is 0 Å². The Morgan fingerprint density at radius 1 is 1.21 bits per heavy atom. The third-order valence-electron chi connectivity index (χ3n) is 3.31. The van der Waals surface area contributed by atoms with Gasteiger partial charge in [0.1, 0.15) is 0 Å². The fourth-order valence-corrected chi connectivity index (χ4v) is 2.69. The molecule has 0 aliphatic heterocycles. The number of hydrogen-bond acceptors (Lipinski definition) is 1. The lowest BCUT2D eigenvalue weighted by atomic mass is 9.74. The first kappa shape index (κ1) is 11.5. The van der Waals surface area contributed by atoms with E-state index in [1.807, 2.05) is 0 Å². The van der Waals surface area contributed by atoms with Crippen molar-refractivity contribution in [2.75, 3.05) is 0 Å². The van der Waals surface area contributed by atoms with E-state index >= 15 is 0 Å². The highest BCUT2D eigenvalue weighted by Gasteiger charge is 2.38. The number of aliphatic carboxylic acids is 1. The highest BCUT2D eigenvalue weighted by Crippen LogP contribution is 2.40. The number of carbonyl (C=O) groups is 1.